The molecule has 0 atom stereocenters. The number of rotatable bonds is 0. The molecule has 0 unspecified atom stereocenters. The summed E-state index contributed by atoms with van der Waals surface area (Å²) >= 11 is 0. The van der Waals surface area contributed by atoms with E-state index in [1.165, 1.54) is 11.1 Å². The quantitative estimate of drug-likeness (QED) is 0.534. The first-order valence-corrected chi connectivity index (χ1v) is 3.12. The summed E-state index contributed by atoms with van der Waals surface area (Å²) in [7, 11) is 0. The number of hydrogen-bond acceptors (Lipinski definition) is 1. The van der Waals surface area contributed by atoms with Crippen LogP contribution in [-0.2, 0) is 4.79 Å². The van der Waals surface area contributed by atoms with E-state index < -0.39 is 0 Å². The molecule has 0 spiro atoms. The lowest BCUT2D eigenvalue weighted by molar-refractivity contribution is -0.0979. The van der Waals surface area contributed by atoms with Gasteiger partial charge in [-0.2, -0.15) is 0 Å². The van der Waals surface area contributed by atoms with E-state index in [0.717, 1.165) is 0 Å². The van der Waals surface area contributed by atoms with Crippen molar-refractivity contribution in [3.8, 4) is 0 Å². The fraction of sp³-hybridized carbons (Fsp3) is 0.222. The molecule has 0 saturated carbocycles. The molecule has 1 heteroatoms. The van der Waals surface area contributed by atoms with Gasteiger partial charge in [0.25, 0.3) is 0 Å². The van der Waals surface area contributed by atoms with Crippen molar-refractivity contribution in [3.05, 3.63) is 35.4 Å². The van der Waals surface area contributed by atoms with Crippen LogP contribution in [-0.4, -0.2) is 6.79 Å². The van der Waals surface area contributed by atoms with Gasteiger partial charge in [-0.3, -0.25) is 0 Å². The molecular formula is C9H12O. The Morgan fingerprint density at radius 1 is 1.00 bits per heavy atom. The van der Waals surface area contributed by atoms with E-state index in [1.54, 1.807) is 0 Å². The van der Waals surface area contributed by atoms with E-state index in [4.69, 9.17) is 4.79 Å². The van der Waals surface area contributed by atoms with E-state index in [0.29, 0.717) is 0 Å². The van der Waals surface area contributed by atoms with Crippen LogP contribution in [0.1, 0.15) is 11.1 Å². The standard InChI is InChI=1S/C8H10.CH2O/c1-7-5-3-4-6-8(7)2;1-2/h3-6H,1-2H3;1H2. The molecule has 1 aromatic rings. The highest BCUT2D eigenvalue weighted by Gasteiger charge is 1.83. The van der Waals surface area contributed by atoms with Gasteiger partial charge < -0.3 is 4.79 Å². The van der Waals surface area contributed by atoms with E-state index in [-0.39, 0.29) is 0 Å². The van der Waals surface area contributed by atoms with Crippen molar-refractivity contribution >= 4 is 6.79 Å². The van der Waals surface area contributed by atoms with Gasteiger partial charge >= 0.3 is 0 Å². The Labute approximate surface area is 61.7 Å². The summed E-state index contributed by atoms with van der Waals surface area (Å²) in [5.74, 6) is 0. The summed E-state index contributed by atoms with van der Waals surface area (Å²) in [5.41, 5.74) is 2.74. The highest BCUT2D eigenvalue weighted by Crippen LogP contribution is 2.02. The first-order valence-electron chi connectivity index (χ1n) is 3.12. The summed E-state index contributed by atoms with van der Waals surface area (Å²) in [6, 6.07) is 8.36. The van der Waals surface area contributed by atoms with E-state index in [2.05, 4.69) is 38.1 Å². The van der Waals surface area contributed by atoms with E-state index in [9.17, 15) is 0 Å². The van der Waals surface area contributed by atoms with Crippen molar-refractivity contribution in [2.45, 2.75) is 13.8 Å². The molecule has 0 radical (unpaired) electrons. The van der Waals surface area contributed by atoms with Crippen molar-refractivity contribution in [3.63, 3.8) is 0 Å². The number of benzene rings is 1. The maximum absolute atomic E-state index is 8.00. The van der Waals surface area contributed by atoms with Crippen LogP contribution < -0.4 is 0 Å². The number of carbonyl (C=O) groups is 1. The van der Waals surface area contributed by atoms with Crippen molar-refractivity contribution in [2.24, 2.45) is 0 Å². The maximum Gasteiger partial charge on any atom is 0.106 e. The summed E-state index contributed by atoms with van der Waals surface area (Å²) in [6.45, 7) is 6.24. The van der Waals surface area contributed by atoms with Crippen LogP contribution in [0.2, 0.25) is 0 Å². The molecule has 1 aromatic carbocycles. The Morgan fingerprint density at radius 3 is 1.50 bits per heavy atom. The molecule has 0 fully saturated rings. The second-order valence-corrected chi connectivity index (χ2v) is 2.08. The van der Waals surface area contributed by atoms with Gasteiger partial charge in [0.2, 0.25) is 0 Å². The molecule has 0 aromatic heterocycles. The lowest BCUT2D eigenvalue weighted by atomic mass is 10.1. The minimum atomic E-state index is 1.37. The monoisotopic (exact) mass is 136 g/mol. The normalized spacial score (nSPS) is 7.80. The van der Waals surface area contributed by atoms with E-state index >= 15 is 0 Å². The molecule has 1 nitrogen and oxygen atoms in total. The fourth-order valence-corrected chi connectivity index (χ4v) is 0.663. The molecular weight excluding hydrogens is 124 g/mol. The predicted octanol–water partition coefficient (Wildman–Crippen LogP) is 2.12. The van der Waals surface area contributed by atoms with Gasteiger partial charge in [0.05, 0.1) is 0 Å². The molecule has 1 rings (SSSR count). The third kappa shape index (κ3) is 2.44. The largest absolute Gasteiger partial charge is 0.307 e. The highest BCUT2D eigenvalue weighted by molar-refractivity contribution is 5.23. The van der Waals surface area contributed by atoms with Crippen LogP contribution in [0.4, 0.5) is 0 Å². The van der Waals surface area contributed by atoms with Crippen LogP contribution >= 0.6 is 0 Å². The first kappa shape index (κ1) is 8.89. The van der Waals surface area contributed by atoms with Gasteiger partial charge in [-0.25, -0.2) is 0 Å². The Balaban J connectivity index is 0.000000371. The van der Waals surface area contributed by atoms with Crippen LogP contribution in [0.5, 0.6) is 0 Å². The van der Waals surface area contributed by atoms with Gasteiger partial charge in [0, 0.05) is 0 Å². The average Bonchev–Trinajstić information content (AvgIpc) is 2.00. The summed E-state index contributed by atoms with van der Waals surface area (Å²) < 4.78 is 0. The molecule has 0 aliphatic heterocycles. The van der Waals surface area contributed by atoms with Crippen molar-refractivity contribution in [1.29, 1.82) is 0 Å². The topological polar surface area (TPSA) is 17.1 Å². The Hall–Kier alpha value is -1.11. The SMILES string of the molecule is C=O.Cc1ccccc1C. The molecule has 0 saturated heterocycles. The Morgan fingerprint density at radius 2 is 1.30 bits per heavy atom. The summed E-state index contributed by atoms with van der Waals surface area (Å²) in [4.78, 5) is 8.00. The molecule has 0 N–H and O–H groups in total. The maximum atomic E-state index is 8.00. The molecule has 0 aliphatic carbocycles. The third-order valence-corrected chi connectivity index (χ3v) is 1.43. The average molecular weight is 136 g/mol. The lowest BCUT2D eigenvalue weighted by Gasteiger charge is -1.93. The molecule has 10 heavy (non-hydrogen) atoms. The van der Waals surface area contributed by atoms with Gasteiger partial charge in [-0.05, 0) is 25.0 Å². The summed E-state index contributed by atoms with van der Waals surface area (Å²) in [6.07, 6.45) is 0. The summed E-state index contributed by atoms with van der Waals surface area (Å²) in [5, 5.41) is 0. The zero-order valence-electron chi connectivity index (χ0n) is 6.42. The highest BCUT2D eigenvalue weighted by atomic mass is 16.1. The van der Waals surface area contributed by atoms with E-state index in [1.807, 2.05) is 6.79 Å². The Kier molecular flexibility index (Phi) is 4.21. The molecule has 0 amide bonds. The second kappa shape index (κ2) is 4.74. The fourth-order valence-electron chi connectivity index (χ4n) is 0.663. The smallest absolute Gasteiger partial charge is 0.106 e. The van der Waals surface area contributed by atoms with Crippen molar-refractivity contribution < 1.29 is 4.79 Å². The van der Waals surface area contributed by atoms with Crippen molar-refractivity contribution in [1.82, 2.24) is 0 Å². The molecule has 0 aliphatic rings. The van der Waals surface area contributed by atoms with Crippen LogP contribution in [0.3, 0.4) is 0 Å². The minimum Gasteiger partial charge on any atom is -0.307 e. The van der Waals surface area contributed by atoms with Crippen LogP contribution in [0.15, 0.2) is 24.3 Å². The van der Waals surface area contributed by atoms with Gasteiger partial charge in [-0.1, -0.05) is 24.3 Å². The molecule has 54 valence electrons. The predicted molar refractivity (Wildman–Crippen MR) is 43.0 cm³/mol. The second-order valence-electron chi connectivity index (χ2n) is 2.08. The van der Waals surface area contributed by atoms with Crippen molar-refractivity contribution in [2.75, 3.05) is 0 Å². The Bertz CT molecular complexity index is 173. The van der Waals surface area contributed by atoms with Gasteiger partial charge in [-0.15, -0.1) is 0 Å². The number of aryl methyl sites for hydroxylation is 2. The minimum absolute atomic E-state index is 1.37. The van der Waals surface area contributed by atoms with Gasteiger partial charge in [0.1, 0.15) is 6.79 Å². The molecule has 0 bridgehead atoms. The van der Waals surface area contributed by atoms with Gasteiger partial charge in [0.15, 0.2) is 0 Å². The number of hydrogen-bond donors (Lipinski definition) is 0. The zero-order chi connectivity index (χ0) is 7.98. The third-order valence-electron chi connectivity index (χ3n) is 1.43. The van der Waals surface area contributed by atoms with Crippen LogP contribution in [0, 0.1) is 13.8 Å². The number of carbonyl (C=O) groups excluding carboxylic acids is 1. The zero-order valence-corrected chi connectivity index (χ0v) is 6.42. The first-order chi connectivity index (χ1) is 4.80. The van der Waals surface area contributed by atoms with Crippen LogP contribution in [0.25, 0.3) is 0 Å². The molecule has 0 heterocycles. The lowest BCUT2D eigenvalue weighted by Crippen LogP contribution is -1.74.